The van der Waals surface area contributed by atoms with Crippen LogP contribution in [-0.4, -0.2) is 231 Å². The van der Waals surface area contributed by atoms with Crippen molar-refractivity contribution in [3.63, 3.8) is 0 Å². The van der Waals surface area contributed by atoms with Crippen LogP contribution in [0.2, 0.25) is 0 Å². The first-order chi connectivity index (χ1) is 45.6. The summed E-state index contributed by atoms with van der Waals surface area (Å²) in [5.74, 6) is 1.89. The van der Waals surface area contributed by atoms with Crippen LogP contribution in [0, 0.1) is 161 Å². The fourth-order valence-electron chi connectivity index (χ4n) is 8.37. The molecule has 4 amide bonds. The summed E-state index contributed by atoms with van der Waals surface area (Å²) < 4.78 is 67.8. The Labute approximate surface area is 669 Å². The van der Waals surface area contributed by atoms with Crippen molar-refractivity contribution < 1.29 is 208 Å². The van der Waals surface area contributed by atoms with Crippen molar-refractivity contribution in [2.75, 3.05) is 162 Å². The number of carbonyl (C=O) groups is 4. The first kappa shape index (κ1) is 98.9. The summed E-state index contributed by atoms with van der Waals surface area (Å²) in [5, 5.41) is 62.5. The monoisotopic (exact) mass is 1560 g/mol. The molecule has 99 heavy (non-hydrogen) atoms. The summed E-state index contributed by atoms with van der Waals surface area (Å²) >= 11 is -4.60. The summed E-state index contributed by atoms with van der Waals surface area (Å²) in [6.07, 6.45) is 0. The minimum atomic E-state index is -2.39. The van der Waals surface area contributed by atoms with Crippen LogP contribution in [0.4, 0.5) is 39.8 Å². The zero-order valence-corrected chi connectivity index (χ0v) is 59.2. The molecule has 4 saturated heterocycles. The van der Waals surface area contributed by atoms with E-state index >= 15 is 0 Å². The third kappa shape index (κ3) is 37.6. The standard InChI is InChI=1S/C12H16N4O6S.C12H16N4O4.C11H14N4O6S.C9H10N2O4.C4H10N2.C2H6O.CH5NO.3Ar.ClHO2S/c1-22-13-12(17)9-2-3-10(11(8-9)16(18)19)14-4-6-15(7-5-14)23(20)21;1-20-14-12(17)9-2-3-10(11(8-9)16(18)19)15-6-4-13-5-7-15;16-11(12-17)8-1-2-9(10(7-8)15(18)19)13-3-5-14(6-4-13)22(20)21;1-6-3-4-7(9(12)10-15-2)5-8(6)11(13)14;1-2-6-4-3-5-1;2*1-3-2;;;;1-4(2)3/h2-3,8H,4-7H2,1H3,(H,13,17)(H,20,21);2-3,8,13H,4-7H2,1H3,(H,14,17);1-2,7,17H,3-6H2,(H,12,16)(H,20,21);3-5H,1-2H3,(H,10,12);5-6H,1-4H2;1-2H3;2H2,1H3;;;;(H,2,3)/p-3. The number of hydrogen-bond donors (Lipinski definition) is 9. The van der Waals surface area contributed by atoms with Gasteiger partial charge in [0.1, 0.15) is 17.1 Å². The Bertz CT molecular complexity index is 3220. The number of hydroxylamine groups is 4. The molecule has 4 aliphatic heterocycles. The third-order valence-corrected chi connectivity index (χ3v) is 14.2. The van der Waals surface area contributed by atoms with Gasteiger partial charge in [0.05, 0.1) is 48.1 Å². The molecule has 4 aromatic carbocycles. The predicted molar refractivity (Wildman–Crippen MR) is 345 cm³/mol. The van der Waals surface area contributed by atoms with Crippen LogP contribution in [0.25, 0.3) is 0 Å². The second-order valence-electron chi connectivity index (χ2n) is 18.8. The van der Waals surface area contributed by atoms with Gasteiger partial charge >= 0.3 is 0 Å². The number of piperazine rings is 4. The van der Waals surface area contributed by atoms with Crippen LogP contribution in [0.5, 0.6) is 0 Å². The largest absolute Gasteiger partial charge is 0.760 e. The summed E-state index contributed by atoms with van der Waals surface area (Å²) in [6.45, 7) is 11.4. The summed E-state index contributed by atoms with van der Waals surface area (Å²) in [5.41, 5.74) is 9.21. The molecule has 0 spiro atoms. The number of methoxy groups -OCH3 is 1. The fourth-order valence-corrected chi connectivity index (χ4v) is 9.29. The molecule has 10 N–H and O–H groups in total. The van der Waals surface area contributed by atoms with Crippen molar-refractivity contribution in [1.29, 1.82) is 0 Å². The van der Waals surface area contributed by atoms with Gasteiger partial charge in [0.25, 0.3) is 46.4 Å². The normalized spacial score (nSPS) is 14.7. The Kier molecular flexibility index (Phi) is 56.1. The summed E-state index contributed by atoms with van der Waals surface area (Å²) in [4.78, 5) is 110. The molecule has 0 aromatic heterocycles. The number of halogens is 1. The Hall–Kier alpha value is -4.32. The molecular weight excluding hydrogens is 1490 g/mol. The van der Waals surface area contributed by atoms with E-state index in [-0.39, 0.29) is 184 Å². The number of nitro benzene ring substituents is 4. The molecule has 560 valence electrons. The maximum Gasteiger partial charge on any atom is 0.293 e. The molecule has 4 aliphatic rings. The second-order valence-corrected chi connectivity index (χ2v) is 21.9. The number of carbonyl (C=O) groups excluding carboxylic acids is 4. The topological polar surface area (TPSA) is 554 Å². The Morgan fingerprint density at radius 2 is 0.717 bits per heavy atom. The number of benzene rings is 4. The average Bonchev–Trinajstić information content (AvgIpc) is 0.827. The maximum absolute atomic E-state index is 11.7. The molecule has 4 aromatic rings. The number of hydrogen-bond acceptors (Lipinski definition) is 31. The molecule has 4 heterocycles. The van der Waals surface area contributed by atoms with E-state index < -0.39 is 76.1 Å². The van der Waals surface area contributed by atoms with E-state index in [2.05, 4.69) is 73.1 Å². The van der Waals surface area contributed by atoms with Crippen molar-refractivity contribution in [2.24, 2.45) is 5.90 Å². The van der Waals surface area contributed by atoms with Crippen LogP contribution in [0.15, 0.2) is 72.8 Å². The van der Waals surface area contributed by atoms with Gasteiger partial charge in [-0.25, -0.2) is 36.4 Å². The van der Waals surface area contributed by atoms with E-state index in [0.717, 1.165) is 45.3 Å². The van der Waals surface area contributed by atoms with Crippen molar-refractivity contribution in [2.45, 2.75) is 6.92 Å². The van der Waals surface area contributed by atoms with Crippen LogP contribution >= 0.6 is 10.7 Å². The zero-order valence-electron chi connectivity index (χ0n) is 53.8. The number of nitrogens with two attached hydrogens (primary N) is 1. The maximum atomic E-state index is 11.7. The number of ether oxygens (including phenoxy) is 1. The van der Waals surface area contributed by atoms with Gasteiger partial charge in [-0.15, -0.1) is 0 Å². The summed E-state index contributed by atoms with van der Waals surface area (Å²) in [7, 11) is 10.3. The molecule has 8 rings (SSSR count). The van der Waals surface area contributed by atoms with Gasteiger partial charge in [-0.05, 0) is 60.1 Å². The van der Waals surface area contributed by atoms with Crippen LogP contribution in [0.3, 0.4) is 0 Å². The minimum absolute atomic E-state index is 0. The van der Waals surface area contributed by atoms with E-state index in [1.54, 1.807) is 43.1 Å². The van der Waals surface area contributed by atoms with E-state index in [4.69, 9.17) is 14.0 Å². The van der Waals surface area contributed by atoms with Crippen molar-refractivity contribution in [1.82, 2.24) is 46.5 Å². The van der Waals surface area contributed by atoms with Gasteiger partial charge in [0.15, 0.2) is 0 Å². The van der Waals surface area contributed by atoms with Crippen LogP contribution in [-0.2, 0) is 56.9 Å². The third-order valence-electron chi connectivity index (χ3n) is 12.7. The van der Waals surface area contributed by atoms with Gasteiger partial charge in [0, 0.05) is 317 Å². The number of aryl methyl sites for hydroxylation is 1. The molecular formula is C51H75Ar3ClN17O24S3-3. The van der Waals surface area contributed by atoms with Gasteiger partial charge < -0.3 is 53.9 Å². The molecule has 41 nitrogen and oxygen atoms in total. The number of nitro groups is 4. The number of anilines is 3. The van der Waals surface area contributed by atoms with Gasteiger partial charge in [-0.2, -0.15) is 0 Å². The van der Waals surface area contributed by atoms with Crippen molar-refractivity contribution >= 4 is 107 Å². The quantitative estimate of drug-likeness (QED) is 0.0232. The average molecular weight is 1560 g/mol. The molecule has 0 aliphatic carbocycles. The molecule has 4 fully saturated rings. The van der Waals surface area contributed by atoms with E-state index in [0.29, 0.717) is 61.9 Å². The molecule has 3 atom stereocenters. The number of nitrogens with one attached hydrogen (secondary N) is 7. The Morgan fingerprint density at radius 1 is 0.475 bits per heavy atom. The van der Waals surface area contributed by atoms with E-state index in [1.807, 2.05) is 4.90 Å². The smallest absolute Gasteiger partial charge is 0.293 e. The fraction of sp³-hybridized carbons (Fsp3) is 0.451. The van der Waals surface area contributed by atoms with Gasteiger partial charge in [-0.3, -0.25) is 92.0 Å². The number of amides is 4. The van der Waals surface area contributed by atoms with Crippen LogP contribution < -0.4 is 58.5 Å². The van der Waals surface area contributed by atoms with Gasteiger partial charge in [-0.1, -0.05) is 6.07 Å². The Morgan fingerprint density at radius 3 is 0.960 bits per heavy atom. The zero-order chi connectivity index (χ0) is 72.5. The number of rotatable bonds is 16. The molecule has 0 bridgehead atoms. The summed E-state index contributed by atoms with van der Waals surface area (Å²) in [6, 6.07) is 16.6. The number of nitrogens with zero attached hydrogens (tertiary/aromatic N) is 9. The Balaban J connectivity index is -0.00000115. The van der Waals surface area contributed by atoms with Crippen LogP contribution in [0.1, 0.15) is 47.0 Å². The first-order valence-electron chi connectivity index (χ1n) is 27.6. The SMILES string of the molecule is C1CNCCN1.COC.CON.CONC(=O)c1ccc(C)c([N+](=O)[O-])c1.CONC(=O)c1ccc(N2CCN(S(=O)[O-])CC2)c([N+](=O)[O-])c1.CONC(=O)c1ccc(N2CCNCC2)c([N+](=O)[O-])c1.O=C(NO)c1ccc(N2CCN(S(=O)[O-])CC2)c([N+](=O)[O-])c1.O=S([O-])Cl.[Ar].[Ar].[Ar]. The van der Waals surface area contributed by atoms with Gasteiger partial charge in [0.2, 0.25) is 0 Å². The first-order valence-corrected chi connectivity index (χ1v) is 31.6. The molecule has 48 heteroatoms. The second kappa shape index (κ2) is 56.2. The van der Waals surface area contributed by atoms with E-state index in [9.17, 15) is 77.2 Å². The molecule has 3 unspecified atom stereocenters. The van der Waals surface area contributed by atoms with Crippen molar-refractivity contribution in [3.8, 4) is 0 Å². The molecule has 0 saturated carbocycles. The minimum Gasteiger partial charge on any atom is -0.760 e. The van der Waals surface area contributed by atoms with E-state index in [1.165, 1.54) is 97.1 Å². The predicted octanol–water partition coefficient (Wildman–Crippen LogP) is -0.110. The van der Waals surface area contributed by atoms with Crippen molar-refractivity contribution in [3.05, 3.63) is 141 Å². The molecule has 0 radical (unpaired) electrons.